The summed E-state index contributed by atoms with van der Waals surface area (Å²) in [6.07, 6.45) is 10.5. The molecule has 0 radical (unpaired) electrons. The third kappa shape index (κ3) is 9.48. The number of allylic oxidation sites excluding steroid dienone is 2. The molecule has 2 heterocycles. The zero-order chi connectivity index (χ0) is 35.5. The Hall–Kier alpha value is -4.28. The molecule has 0 amide bonds. The molecule has 50 heavy (non-hydrogen) atoms. The Labute approximate surface area is 297 Å². The molecule has 2 aliphatic rings. The molecule has 1 aromatic heterocycles. The lowest BCUT2D eigenvalue weighted by Gasteiger charge is -2.40. The van der Waals surface area contributed by atoms with Crippen LogP contribution in [0.3, 0.4) is 0 Å². The molecule has 5 rings (SSSR count). The second-order valence-corrected chi connectivity index (χ2v) is 13.0. The first-order chi connectivity index (χ1) is 24.2. The van der Waals surface area contributed by atoms with Crippen molar-refractivity contribution < 1.29 is 34.3 Å². The van der Waals surface area contributed by atoms with E-state index in [2.05, 4.69) is 46.4 Å². The zero-order valence-electron chi connectivity index (χ0n) is 28.0. The van der Waals surface area contributed by atoms with Crippen molar-refractivity contribution in [2.45, 2.75) is 50.7 Å². The van der Waals surface area contributed by atoms with Crippen molar-refractivity contribution in [3.8, 4) is 17.6 Å². The number of pyridine rings is 1. The zero-order valence-corrected chi connectivity index (χ0v) is 28.8. The number of halogens is 1. The molecule has 3 aromatic rings. The Bertz CT molecular complexity index is 1710. The quantitative estimate of drug-likeness (QED) is 0.146. The van der Waals surface area contributed by atoms with Crippen molar-refractivity contribution in [2.24, 2.45) is 5.92 Å². The van der Waals surface area contributed by atoms with Crippen LogP contribution in [-0.2, 0) is 22.7 Å². The Balaban J connectivity index is 1.38. The van der Waals surface area contributed by atoms with E-state index >= 15 is 0 Å². The summed E-state index contributed by atoms with van der Waals surface area (Å²) in [5, 5.41) is 41.3. The molecular formula is C38H43ClN4O7. The number of β-amino-alcohol motifs (C(OH)–C–C–N with tert-alkyl or cyclic N) is 1. The van der Waals surface area contributed by atoms with Crippen LogP contribution in [0, 0.1) is 17.2 Å². The van der Waals surface area contributed by atoms with Gasteiger partial charge in [-0.3, -0.25) is 15.1 Å². The summed E-state index contributed by atoms with van der Waals surface area (Å²) in [7, 11) is 0. The van der Waals surface area contributed by atoms with Gasteiger partial charge in [-0.25, -0.2) is 0 Å². The molecule has 3 unspecified atom stereocenters. The summed E-state index contributed by atoms with van der Waals surface area (Å²) in [6, 6.07) is 16.0. The third-order valence-electron chi connectivity index (χ3n) is 9.10. The molecule has 1 saturated heterocycles. The average molecular weight is 703 g/mol. The number of carboxylic acids is 1. The lowest BCUT2D eigenvalue weighted by molar-refractivity contribution is -0.140. The van der Waals surface area contributed by atoms with Crippen LogP contribution < -0.4 is 14.8 Å². The molecule has 0 bridgehead atoms. The maximum Gasteiger partial charge on any atom is 0.323 e. The second-order valence-electron chi connectivity index (χ2n) is 12.6. The van der Waals surface area contributed by atoms with Crippen molar-refractivity contribution in [2.75, 3.05) is 39.5 Å². The summed E-state index contributed by atoms with van der Waals surface area (Å²) in [6.45, 7) is 4.62. The smallest absolute Gasteiger partial charge is 0.323 e. The van der Waals surface area contributed by atoms with Crippen molar-refractivity contribution in [1.82, 2.24) is 15.2 Å². The fourth-order valence-electron chi connectivity index (χ4n) is 6.20. The van der Waals surface area contributed by atoms with Crippen molar-refractivity contribution in [3.05, 3.63) is 106 Å². The Kier molecular flexibility index (Phi) is 13.0. The number of carbonyl (C=O) groups is 1. The van der Waals surface area contributed by atoms with Gasteiger partial charge in [-0.2, -0.15) is 5.26 Å². The van der Waals surface area contributed by atoms with Gasteiger partial charge in [-0.1, -0.05) is 61.0 Å². The average Bonchev–Trinajstić information content (AvgIpc) is 3.55. The number of aliphatic carboxylic acids is 1. The van der Waals surface area contributed by atoms with Crippen LogP contribution in [0.4, 0.5) is 0 Å². The van der Waals surface area contributed by atoms with Gasteiger partial charge in [0.05, 0.1) is 23.3 Å². The normalized spacial score (nSPS) is 21.0. The molecule has 2 aromatic carbocycles. The maximum absolute atomic E-state index is 11.5. The van der Waals surface area contributed by atoms with Gasteiger partial charge in [0.15, 0.2) is 0 Å². The Morgan fingerprint density at radius 1 is 1.20 bits per heavy atom. The van der Waals surface area contributed by atoms with Crippen molar-refractivity contribution in [1.29, 1.82) is 5.26 Å². The molecule has 12 heteroatoms. The molecule has 1 aliphatic carbocycles. The van der Waals surface area contributed by atoms with E-state index in [1.165, 1.54) is 6.20 Å². The summed E-state index contributed by atoms with van der Waals surface area (Å²) in [5.41, 5.74) is 2.96. The number of rotatable bonds is 17. The molecule has 11 nitrogen and oxygen atoms in total. The summed E-state index contributed by atoms with van der Waals surface area (Å²) in [5.74, 6) is -0.562. The predicted octanol–water partition coefficient (Wildman–Crippen LogP) is 4.60. The van der Waals surface area contributed by atoms with E-state index in [1.54, 1.807) is 24.4 Å². The number of ether oxygens (including phenoxy) is 3. The summed E-state index contributed by atoms with van der Waals surface area (Å²) < 4.78 is 19.4. The largest absolute Gasteiger partial charge is 0.489 e. The highest BCUT2D eigenvalue weighted by Gasteiger charge is 2.40. The number of benzene rings is 2. The highest BCUT2D eigenvalue weighted by Crippen LogP contribution is 2.41. The van der Waals surface area contributed by atoms with E-state index in [0.717, 1.165) is 37.1 Å². The van der Waals surface area contributed by atoms with E-state index in [0.29, 0.717) is 41.3 Å². The van der Waals surface area contributed by atoms with E-state index < -0.39 is 24.2 Å². The number of aliphatic hydroxyl groups is 2. The lowest BCUT2D eigenvalue weighted by atomic mass is 9.77. The number of nitrogens with one attached hydrogen (secondary N) is 1. The number of hydrogen-bond acceptors (Lipinski definition) is 10. The number of likely N-dealkylation sites (tertiary alicyclic amines) is 1. The van der Waals surface area contributed by atoms with Crippen molar-refractivity contribution >= 4 is 23.1 Å². The molecule has 264 valence electrons. The van der Waals surface area contributed by atoms with Crippen LogP contribution in [0.25, 0.3) is 5.57 Å². The van der Waals surface area contributed by atoms with Gasteiger partial charge in [0.1, 0.15) is 42.4 Å². The van der Waals surface area contributed by atoms with E-state index in [9.17, 15) is 25.4 Å². The van der Waals surface area contributed by atoms with E-state index in [-0.39, 0.29) is 36.8 Å². The first-order valence-electron chi connectivity index (χ1n) is 16.7. The highest BCUT2D eigenvalue weighted by atomic mass is 35.5. The van der Waals surface area contributed by atoms with E-state index in [1.807, 2.05) is 30.4 Å². The van der Waals surface area contributed by atoms with Crippen LogP contribution in [0.5, 0.6) is 11.5 Å². The minimum atomic E-state index is -1.19. The fourth-order valence-corrected chi connectivity index (χ4v) is 6.44. The topological polar surface area (TPSA) is 157 Å². The Morgan fingerprint density at radius 2 is 2.02 bits per heavy atom. The fraction of sp³-hybridized carbons (Fsp3) is 0.395. The number of carboxylic acid groups (broad SMARTS) is 1. The number of hydrogen-bond donors (Lipinski definition) is 4. The summed E-state index contributed by atoms with van der Waals surface area (Å²) in [4.78, 5) is 17.9. The molecule has 4 N–H and O–H groups in total. The minimum absolute atomic E-state index is 0.0371. The summed E-state index contributed by atoms with van der Waals surface area (Å²) >= 11 is 6.79. The first-order valence-corrected chi connectivity index (χ1v) is 17.1. The van der Waals surface area contributed by atoms with Gasteiger partial charge >= 0.3 is 5.97 Å². The van der Waals surface area contributed by atoms with Crippen LogP contribution in [0.1, 0.15) is 42.0 Å². The molecule has 0 saturated carbocycles. The standard InChI is InChI=1S/C38H43ClN4O7/c1-26-32(29-7-3-2-4-8-29)9-5-11-38(26,50-14-6-12-43-13-10-31(45)22-43)25-49-36-17-35(48-24-28-15-27(18-40)19-41-20-28)30(16-33(36)39)21-42-34(23-44)37(46)47/h2-5,7-9,11,15-17,19-20,26,31,34,42,44-45H,6,10,12-14,21-25H2,1H3,(H,46,47)/t26?,31-,34?,38?/m1/s1. The highest BCUT2D eigenvalue weighted by molar-refractivity contribution is 6.32. The molecule has 1 aliphatic heterocycles. The van der Waals surface area contributed by atoms with Gasteiger partial charge in [0, 0.05) is 68.3 Å². The predicted molar refractivity (Wildman–Crippen MR) is 189 cm³/mol. The number of nitriles is 1. The molecule has 0 spiro atoms. The van der Waals surface area contributed by atoms with Crippen molar-refractivity contribution in [3.63, 3.8) is 0 Å². The minimum Gasteiger partial charge on any atom is -0.489 e. The van der Waals surface area contributed by atoms with Crippen LogP contribution in [0.2, 0.25) is 5.02 Å². The van der Waals surface area contributed by atoms with Crippen LogP contribution >= 0.6 is 11.6 Å². The number of nitrogens with zero attached hydrogens (tertiary/aromatic N) is 3. The maximum atomic E-state index is 11.5. The Morgan fingerprint density at radius 3 is 2.74 bits per heavy atom. The van der Waals surface area contributed by atoms with Gasteiger partial charge in [-0.05, 0) is 42.2 Å². The van der Waals surface area contributed by atoms with Crippen LogP contribution in [-0.4, -0.2) is 88.4 Å². The van der Waals surface area contributed by atoms with Gasteiger partial charge in [0.2, 0.25) is 0 Å². The molecular weight excluding hydrogens is 660 g/mol. The SMILES string of the molecule is CC1C(c2ccccc2)=CC=CC1(COc1cc(OCc2cncc(C#N)c2)c(CNC(CO)C(=O)O)cc1Cl)OCCCN1CC[C@@H](O)C1. The molecule has 1 fully saturated rings. The van der Waals surface area contributed by atoms with E-state index in [4.69, 9.17) is 25.8 Å². The van der Waals surface area contributed by atoms with Gasteiger partial charge in [-0.15, -0.1) is 0 Å². The van der Waals surface area contributed by atoms with Crippen LogP contribution in [0.15, 0.2) is 79.2 Å². The molecule has 4 atom stereocenters. The lowest BCUT2D eigenvalue weighted by Crippen LogP contribution is -2.45. The monoisotopic (exact) mass is 702 g/mol. The van der Waals surface area contributed by atoms with Gasteiger partial charge < -0.3 is 34.4 Å². The van der Waals surface area contributed by atoms with Gasteiger partial charge in [0.25, 0.3) is 0 Å². The second kappa shape index (κ2) is 17.6. The number of aromatic nitrogens is 1. The third-order valence-corrected chi connectivity index (χ3v) is 9.40. The first kappa shape index (κ1) is 37.0. The number of aliphatic hydroxyl groups excluding tert-OH is 2.